The molecule has 4 heteroatoms. The standard InChI is InChI=1S/C20H25NO3/c1-5-19(24-18-11-14(3)10-15(4)12-18)20(22)21-16-8-7-9-17(13-16)23-6-2/h7-13,19H,5-6H2,1-4H3,(H,21,22)/t19-/m0/s1. The third kappa shape index (κ3) is 5.01. The van der Waals surface area contributed by atoms with Crippen LogP contribution in [0.3, 0.4) is 0 Å². The lowest BCUT2D eigenvalue weighted by molar-refractivity contribution is -0.122. The molecule has 0 unspecified atom stereocenters. The minimum absolute atomic E-state index is 0.162. The Morgan fingerprint density at radius 1 is 1.04 bits per heavy atom. The Labute approximate surface area is 143 Å². The number of amides is 1. The second-order valence-corrected chi connectivity index (χ2v) is 5.79. The maximum atomic E-state index is 12.5. The first-order valence-corrected chi connectivity index (χ1v) is 8.30. The molecule has 0 saturated heterocycles. The zero-order valence-electron chi connectivity index (χ0n) is 14.8. The molecule has 2 aromatic carbocycles. The van der Waals surface area contributed by atoms with Gasteiger partial charge in [0.15, 0.2) is 6.10 Å². The van der Waals surface area contributed by atoms with E-state index in [1.165, 1.54) is 0 Å². The predicted octanol–water partition coefficient (Wildman–Crippen LogP) is 4.50. The van der Waals surface area contributed by atoms with Crippen molar-refractivity contribution >= 4 is 11.6 Å². The maximum absolute atomic E-state index is 12.5. The first-order chi connectivity index (χ1) is 11.5. The fourth-order valence-corrected chi connectivity index (χ4v) is 2.54. The number of hydrogen-bond donors (Lipinski definition) is 1. The molecule has 0 aliphatic heterocycles. The summed E-state index contributed by atoms with van der Waals surface area (Å²) in [4.78, 5) is 12.5. The average molecular weight is 327 g/mol. The number of benzene rings is 2. The summed E-state index contributed by atoms with van der Waals surface area (Å²) >= 11 is 0. The number of nitrogens with one attached hydrogen (secondary N) is 1. The molecule has 1 atom stereocenters. The van der Waals surface area contributed by atoms with Crippen LogP contribution >= 0.6 is 0 Å². The van der Waals surface area contributed by atoms with E-state index in [0.717, 1.165) is 22.6 Å². The van der Waals surface area contributed by atoms with Crippen LogP contribution in [0.4, 0.5) is 5.69 Å². The first kappa shape index (κ1) is 17.9. The summed E-state index contributed by atoms with van der Waals surface area (Å²) in [6.07, 6.45) is 0.0474. The predicted molar refractivity (Wildman–Crippen MR) is 96.9 cm³/mol. The fourth-order valence-electron chi connectivity index (χ4n) is 2.54. The second kappa shape index (κ2) is 8.39. The Kier molecular flexibility index (Phi) is 6.24. The van der Waals surface area contributed by atoms with Gasteiger partial charge in [0, 0.05) is 11.8 Å². The van der Waals surface area contributed by atoms with Gasteiger partial charge in [-0.2, -0.15) is 0 Å². The van der Waals surface area contributed by atoms with E-state index >= 15 is 0 Å². The molecule has 0 saturated carbocycles. The average Bonchev–Trinajstić information content (AvgIpc) is 2.52. The number of carbonyl (C=O) groups is 1. The molecule has 2 aromatic rings. The highest BCUT2D eigenvalue weighted by Crippen LogP contribution is 2.21. The third-order valence-electron chi connectivity index (χ3n) is 3.55. The molecule has 0 heterocycles. The molecule has 0 spiro atoms. The third-order valence-corrected chi connectivity index (χ3v) is 3.55. The van der Waals surface area contributed by atoms with Crippen LogP contribution in [-0.2, 0) is 4.79 Å². The van der Waals surface area contributed by atoms with Gasteiger partial charge in [0.1, 0.15) is 11.5 Å². The highest BCUT2D eigenvalue weighted by molar-refractivity contribution is 5.94. The summed E-state index contributed by atoms with van der Waals surface area (Å²) in [5, 5.41) is 2.90. The largest absolute Gasteiger partial charge is 0.494 e. The van der Waals surface area contributed by atoms with Gasteiger partial charge in [-0.25, -0.2) is 0 Å². The Bertz CT molecular complexity index is 677. The van der Waals surface area contributed by atoms with Crippen LogP contribution in [0.25, 0.3) is 0 Å². The molecule has 1 N–H and O–H groups in total. The van der Waals surface area contributed by atoms with E-state index in [2.05, 4.69) is 11.4 Å². The lowest BCUT2D eigenvalue weighted by atomic mass is 10.1. The summed E-state index contributed by atoms with van der Waals surface area (Å²) < 4.78 is 11.3. The number of ether oxygens (including phenoxy) is 2. The Balaban J connectivity index is 2.07. The van der Waals surface area contributed by atoms with Crippen LogP contribution in [0.1, 0.15) is 31.4 Å². The van der Waals surface area contributed by atoms with E-state index < -0.39 is 6.10 Å². The molecule has 4 nitrogen and oxygen atoms in total. The van der Waals surface area contributed by atoms with Crippen LogP contribution in [0.2, 0.25) is 0 Å². The van der Waals surface area contributed by atoms with E-state index in [1.54, 1.807) is 0 Å². The van der Waals surface area contributed by atoms with Crippen molar-refractivity contribution in [2.75, 3.05) is 11.9 Å². The number of hydrogen-bond acceptors (Lipinski definition) is 3. The molecule has 1 amide bonds. The van der Waals surface area contributed by atoms with Gasteiger partial charge in [-0.05, 0) is 62.6 Å². The Morgan fingerprint density at radius 3 is 2.38 bits per heavy atom. The molecule has 0 aromatic heterocycles. The van der Waals surface area contributed by atoms with E-state index in [0.29, 0.717) is 18.7 Å². The van der Waals surface area contributed by atoms with Gasteiger partial charge in [-0.3, -0.25) is 4.79 Å². The van der Waals surface area contributed by atoms with E-state index in [-0.39, 0.29) is 5.91 Å². The first-order valence-electron chi connectivity index (χ1n) is 8.30. The molecular formula is C20H25NO3. The molecule has 0 radical (unpaired) electrons. The van der Waals surface area contributed by atoms with Crippen molar-refractivity contribution in [3.63, 3.8) is 0 Å². The van der Waals surface area contributed by atoms with E-state index in [1.807, 2.05) is 64.1 Å². The molecule has 0 fully saturated rings. The zero-order valence-corrected chi connectivity index (χ0v) is 14.8. The van der Waals surface area contributed by atoms with Crippen molar-refractivity contribution in [1.29, 1.82) is 0 Å². The second-order valence-electron chi connectivity index (χ2n) is 5.79. The van der Waals surface area contributed by atoms with Crippen LogP contribution in [0.5, 0.6) is 11.5 Å². The smallest absolute Gasteiger partial charge is 0.265 e. The minimum atomic E-state index is -0.540. The Hall–Kier alpha value is -2.49. The lowest BCUT2D eigenvalue weighted by Crippen LogP contribution is -2.32. The van der Waals surface area contributed by atoms with Crippen LogP contribution < -0.4 is 14.8 Å². The summed E-state index contributed by atoms with van der Waals surface area (Å²) in [5.74, 6) is 1.29. The van der Waals surface area contributed by atoms with Crippen LogP contribution in [-0.4, -0.2) is 18.6 Å². The fraction of sp³-hybridized carbons (Fsp3) is 0.350. The molecule has 2 rings (SSSR count). The molecule has 24 heavy (non-hydrogen) atoms. The van der Waals surface area contributed by atoms with E-state index in [4.69, 9.17) is 9.47 Å². The number of anilines is 1. The quantitative estimate of drug-likeness (QED) is 0.814. The monoisotopic (exact) mass is 327 g/mol. The van der Waals surface area contributed by atoms with Gasteiger partial charge >= 0.3 is 0 Å². The number of carbonyl (C=O) groups excluding carboxylic acids is 1. The van der Waals surface area contributed by atoms with Crippen molar-refractivity contribution in [2.24, 2.45) is 0 Å². The van der Waals surface area contributed by atoms with Crippen LogP contribution in [0, 0.1) is 13.8 Å². The topological polar surface area (TPSA) is 47.6 Å². The lowest BCUT2D eigenvalue weighted by Gasteiger charge is -2.18. The van der Waals surface area contributed by atoms with Gasteiger partial charge in [-0.1, -0.05) is 19.1 Å². The summed E-state index contributed by atoms with van der Waals surface area (Å²) in [6.45, 7) is 8.48. The van der Waals surface area contributed by atoms with Gasteiger partial charge in [0.05, 0.1) is 6.61 Å². The Morgan fingerprint density at radius 2 is 1.75 bits per heavy atom. The van der Waals surface area contributed by atoms with Crippen molar-refractivity contribution < 1.29 is 14.3 Å². The van der Waals surface area contributed by atoms with Crippen molar-refractivity contribution in [3.8, 4) is 11.5 Å². The van der Waals surface area contributed by atoms with Crippen molar-refractivity contribution in [2.45, 2.75) is 40.2 Å². The zero-order chi connectivity index (χ0) is 17.5. The molecule has 0 bridgehead atoms. The van der Waals surface area contributed by atoms with Crippen molar-refractivity contribution in [1.82, 2.24) is 0 Å². The number of rotatable bonds is 7. The molecule has 128 valence electrons. The summed E-state index contributed by atoms with van der Waals surface area (Å²) in [7, 11) is 0. The normalized spacial score (nSPS) is 11.7. The van der Waals surface area contributed by atoms with Gasteiger partial charge < -0.3 is 14.8 Å². The highest BCUT2D eigenvalue weighted by atomic mass is 16.5. The SMILES string of the molecule is CCOc1cccc(NC(=O)[C@H](CC)Oc2cc(C)cc(C)c2)c1. The minimum Gasteiger partial charge on any atom is -0.494 e. The van der Waals surface area contributed by atoms with Crippen LogP contribution in [0.15, 0.2) is 42.5 Å². The highest BCUT2D eigenvalue weighted by Gasteiger charge is 2.19. The van der Waals surface area contributed by atoms with Gasteiger partial charge in [0.25, 0.3) is 5.91 Å². The summed E-state index contributed by atoms with van der Waals surface area (Å²) in [5.41, 5.74) is 2.93. The molecule has 0 aliphatic carbocycles. The summed E-state index contributed by atoms with van der Waals surface area (Å²) in [6, 6.07) is 13.3. The maximum Gasteiger partial charge on any atom is 0.265 e. The van der Waals surface area contributed by atoms with Crippen molar-refractivity contribution in [3.05, 3.63) is 53.6 Å². The van der Waals surface area contributed by atoms with Gasteiger partial charge in [-0.15, -0.1) is 0 Å². The van der Waals surface area contributed by atoms with Gasteiger partial charge in [0.2, 0.25) is 0 Å². The molecule has 0 aliphatic rings. The molecular weight excluding hydrogens is 302 g/mol. The number of aryl methyl sites for hydroxylation is 2. The van der Waals surface area contributed by atoms with E-state index in [9.17, 15) is 4.79 Å².